The minimum Gasteiger partial charge on any atom is -0.424 e. The largest absolute Gasteiger partial charge is 0.424 e. The van der Waals surface area contributed by atoms with E-state index >= 15 is 0 Å². The Kier molecular flexibility index (Phi) is 7.33. The zero-order chi connectivity index (χ0) is 25.5. The van der Waals surface area contributed by atoms with Crippen molar-refractivity contribution in [3.8, 4) is 11.5 Å². The fraction of sp³-hybridized carbons (Fsp3) is 0.364. The predicted octanol–water partition coefficient (Wildman–Crippen LogP) is 4.48. The second-order valence-corrected chi connectivity index (χ2v) is 12.1. The van der Waals surface area contributed by atoms with Crippen molar-refractivity contribution in [1.29, 1.82) is 0 Å². The van der Waals surface area contributed by atoms with Crippen LogP contribution in [-0.4, -0.2) is 20.4 Å². The third kappa shape index (κ3) is 5.54. The summed E-state index contributed by atoms with van der Waals surface area (Å²) in [5, 5.41) is 0. The number of carbonyl (C=O) groups is 2. The molecule has 11 heteroatoms. The number of benzene rings is 2. The van der Waals surface area contributed by atoms with Gasteiger partial charge in [-0.1, -0.05) is 0 Å². The summed E-state index contributed by atoms with van der Waals surface area (Å²) < 4.78 is 38.5. The van der Waals surface area contributed by atoms with Crippen LogP contribution >= 0.6 is 23.2 Å². The average Bonchev–Trinajstić information content (AvgIpc) is 2.61. The van der Waals surface area contributed by atoms with E-state index in [4.69, 9.17) is 44.1 Å². The van der Waals surface area contributed by atoms with Gasteiger partial charge in [0.15, 0.2) is 11.5 Å². The highest BCUT2D eigenvalue weighted by Gasteiger charge is 2.38. The molecule has 0 amide bonds. The third-order valence-electron chi connectivity index (χ3n) is 4.56. The van der Waals surface area contributed by atoms with E-state index in [9.17, 15) is 18.0 Å². The molecular weight excluding hydrogens is 491 g/mol. The van der Waals surface area contributed by atoms with Crippen LogP contribution in [0.1, 0.15) is 52.7 Å². The van der Waals surface area contributed by atoms with Gasteiger partial charge < -0.3 is 20.9 Å². The Morgan fingerprint density at radius 3 is 1.30 bits per heavy atom. The summed E-state index contributed by atoms with van der Waals surface area (Å²) in [7, 11) is -4.38. The molecule has 0 saturated heterocycles. The number of carbonyl (C=O) groups excluding carboxylic acids is 2. The van der Waals surface area contributed by atoms with Crippen LogP contribution < -0.4 is 20.9 Å². The maximum Gasteiger partial charge on any atom is 0.308 e. The number of anilines is 2. The first-order valence-electron chi connectivity index (χ1n) is 9.74. The minimum absolute atomic E-state index is 0.0106. The van der Waals surface area contributed by atoms with E-state index in [0.29, 0.717) is 0 Å². The van der Waals surface area contributed by atoms with Crippen molar-refractivity contribution in [2.24, 2.45) is 0 Å². The molecule has 0 spiro atoms. The molecule has 0 atom stereocenters. The summed E-state index contributed by atoms with van der Waals surface area (Å²) in [6.45, 7) is 8.46. The lowest BCUT2D eigenvalue weighted by Crippen LogP contribution is -2.22. The molecular formula is C22H26Cl2N2O6S. The van der Waals surface area contributed by atoms with Crippen molar-refractivity contribution >= 4 is 56.4 Å². The molecule has 33 heavy (non-hydrogen) atoms. The van der Waals surface area contributed by atoms with Gasteiger partial charge in [-0.15, -0.1) is 23.2 Å². The van der Waals surface area contributed by atoms with E-state index in [0.717, 1.165) is 13.8 Å². The fourth-order valence-electron chi connectivity index (χ4n) is 3.36. The lowest BCUT2D eigenvalue weighted by molar-refractivity contribution is -0.132. The SMILES string of the molecule is CC(=O)Oc1c(N)ccc(S(=O)(=O)c2ccc(N)c(OC(C)=O)c2C(C)(C)Cl)c1C(C)(C)Cl. The van der Waals surface area contributed by atoms with Crippen molar-refractivity contribution in [2.75, 3.05) is 11.5 Å². The monoisotopic (exact) mass is 516 g/mol. The standard InChI is InChI=1S/C22H26Cl2N2O6S/c1-11(27)31-19-13(25)7-9-15(17(19)21(3,4)23)33(29,30)16-10-8-14(26)20(32-12(2)28)18(16)22(5,6)24/h7-10H,25-26H2,1-6H3. The molecule has 0 heterocycles. The molecule has 0 aliphatic rings. The van der Waals surface area contributed by atoms with Crippen molar-refractivity contribution < 1.29 is 27.5 Å². The topological polar surface area (TPSA) is 139 Å². The van der Waals surface area contributed by atoms with E-state index in [1.54, 1.807) is 0 Å². The van der Waals surface area contributed by atoms with Crippen LogP contribution in [0, 0.1) is 0 Å². The zero-order valence-corrected chi connectivity index (χ0v) is 21.4. The number of halogens is 2. The summed E-state index contributed by atoms with van der Waals surface area (Å²) >= 11 is 13.1. The van der Waals surface area contributed by atoms with E-state index in [1.807, 2.05) is 0 Å². The Bertz CT molecular complexity index is 1140. The van der Waals surface area contributed by atoms with Gasteiger partial charge in [0.25, 0.3) is 0 Å². The third-order valence-corrected chi connectivity index (χ3v) is 6.78. The summed E-state index contributed by atoms with van der Waals surface area (Å²) in [5.74, 6) is -1.73. The molecule has 180 valence electrons. The number of alkyl halides is 2. The molecule has 0 fully saturated rings. The number of nitrogen functional groups attached to an aromatic ring is 2. The molecule has 2 rings (SSSR count). The summed E-state index contributed by atoms with van der Waals surface area (Å²) in [6, 6.07) is 5.13. The number of rotatable bonds is 6. The summed E-state index contributed by atoms with van der Waals surface area (Å²) in [5.41, 5.74) is 12.0. The summed E-state index contributed by atoms with van der Waals surface area (Å²) in [6.07, 6.45) is 0. The molecule has 2 aromatic carbocycles. The summed E-state index contributed by atoms with van der Waals surface area (Å²) in [4.78, 5) is 20.3. The highest BCUT2D eigenvalue weighted by atomic mass is 35.5. The first kappa shape index (κ1) is 26.8. The van der Waals surface area contributed by atoms with Gasteiger partial charge in [-0.3, -0.25) is 9.59 Å². The molecule has 0 saturated carbocycles. The number of hydrogen-bond donors (Lipinski definition) is 2. The Morgan fingerprint density at radius 1 is 0.758 bits per heavy atom. The van der Waals surface area contributed by atoms with Gasteiger partial charge in [0.2, 0.25) is 9.84 Å². The van der Waals surface area contributed by atoms with Crippen LogP contribution in [0.2, 0.25) is 0 Å². The van der Waals surface area contributed by atoms with E-state index in [-0.39, 0.29) is 43.8 Å². The van der Waals surface area contributed by atoms with Crippen LogP contribution in [0.5, 0.6) is 11.5 Å². The number of hydrogen-bond acceptors (Lipinski definition) is 8. The second kappa shape index (κ2) is 9.04. The smallest absolute Gasteiger partial charge is 0.308 e. The number of ether oxygens (including phenoxy) is 2. The quantitative estimate of drug-likeness (QED) is 0.248. The first-order valence-corrected chi connectivity index (χ1v) is 12.0. The number of sulfone groups is 1. The van der Waals surface area contributed by atoms with Gasteiger partial charge in [-0.05, 0) is 52.0 Å². The van der Waals surface area contributed by atoms with Crippen LogP contribution in [0.25, 0.3) is 0 Å². The Morgan fingerprint density at radius 2 is 1.06 bits per heavy atom. The van der Waals surface area contributed by atoms with Gasteiger partial charge in [0.05, 0.1) is 30.9 Å². The highest BCUT2D eigenvalue weighted by molar-refractivity contribution is 7.91. The Labute approximate surface area is 203 Å². The van der Waals surface area contributed by atoms with Gasteiger partial charge in [-0.25, -0.2) is 8.42 Å². The molecule has 0 aromatic heterocycles. The lowest BCUT2D eigenvalue weighted by Gasteiger charge is -2.27. The van der Waals surface area contributed by atoms with Gasteiger partial charge in [-0.2, -0.15) is 0 Å². The number of nitrogens with two attached hydrogens (primary N) is 2. The zero-order valence-electron chi connectivity index (χ0n) is 19.1. The van der Waals surface area contributed by atoms with E-state index < -0.39 is 31.5 Å². The van der Waals surface area contributed by atoms with Crippen molar-refractivity contribution in [1.82, 2.24) is 0 Å². The molecule has 8 nitrogen and oxygen atoms in total. The Balaban J connectivity index is 3.03. The van der Waals surface area contributed by atoms with Gasteiger partial charge >= 0.3 is 11.9 Å². The highest BCUT2D eigenvalue weighted by Crippen LogP contribution is 2.48. The average molecular weight is 517 g/mol. The normalized spacial score (nSPS) is 12.4. The molecule has 2 aromatic rings. The molecule has 0 aliphatic carbocycles. The van der Waals surface area contributed by atoms with E-state index in [1.165, 1.54) is 52.0 Å². The molecule has 0 radical (unpaired) electrons. The van der Waals surface area contributed by atoms with E-state index in [2.05, 4.69) is 0 Å². The molecule has 4 N–H and O–H groups in total. The second-order valence-electron chi connectivity index (χ2n) is 8.35. The van der Waals surface area contributed by atoms with Crippen molar-refractivity contribution in [3.05, 3.63) is 35.4 Å². The molecule has 0 aliphatic heterocycles. The molecule has 0 unspecified atom stereocenters. The van der Waals surface area contributed by atoms with Crippen LogP contribution in [0.3, 0.4) is 0 Å². The maximum atomic E-state index is 14.0. The maximum absolute atomic E-state index is 14.0. The van der Waals surface area contributed by atoms with Crippen molar-refractivity contribution in [2.45, 2.75) is 61.1 Å². The molecule has 0 bridgehead atoms. The lowest BCUT2D eigenvalue weighted by atomic mass is 9.99. The Hall–Kier alpha value is -2.49. The van der Waals surface area contributed by atoms with Crippen LogP contribution in [0.4, 0.5) is 11.4 Å². The number of esters is 2. The van der Waals surface area contributed by atoms with Gasteiger partial charge in [0.1, 0.15) is 0 Å². The predicted molar refractivity (Wildman–Crippen MR) is 128 cm³/mol. The van der Waals surface area contributed by atoms with Crippen LogP contribution in [0.15, 0.2) is 34.1 Å². The van der Waals surface area contributed by atoms with Gasteiger partial charge in [0, 0.05) is 25.0 Å². The van der Waals surface area contributed by atoms with Crippen molar-refractivity contribution in [3.63, 3.8) is 0 Å². The minimum atomic E-state index is -4.38. The fourth-order valence-corrected chi connectivity index (χ4v) is 5.81. The van der Waals surface area contributed by atoms with Crippen LogP contribution in [-0.2, 0) is 29.2 Å². The first-order chi connectivity index (χ1) is 14.9.